The van der Waals surface area contributed by atoms with Crippen molar-refractivity contribution in [2.45, 2.75) is 44.8 Å². The third-order valence-electron chi connectivity index (χ3n) is 3.06. The molecule has 1 saturated heterocycles. The normalized spacial score (nSPS) is 36.1. The Kier molecular flexibility index (Phi) is 2.44. The molecule has 2 fully saturated rings. The van der Waals surface area contributed by atoms with Gasteiger partial charge in [-0.3, -0.25) is 9.59 Å². The molecule has 0 aromatic rings. The number of ether oxygens (including phenoxy) is 1. The van der Waals surface area contributed by atoms with Gasteiger partial charge < -0.3 is 10.1 Å². The van der Waals surface area contributed by atoms with Crippen LogP contribution in [0.2, 0.25) is 0 Å². The molecule has 1 aliphatic carbocycles. The third-order valence-corrected chi connectivity index (χ3v) is 3.06. The van der Waals surface area contributed by atoms with Crippen LogP contribution in [0.5, 0.6) is 0 Å². The summed E-state index contributed by atoms with van der Waals surface area (Å²) in [4.78, 5) is 22.0. The first-order valence-electron chi connectivity index (χ1n) is 5.13. The number of carbonyl (C=O) groups excluding carboxylic acids is 2. The van der Waals surface area contributed by atoms with Crippen molar-refractivity contribution in [2.75, 3.05) is 0 Å². The lowest BCUT2D eigenvalue weighted by Crippen LogP contribution is -2.45. The minimum Gasteiger partial charge on any atom is -0.460 e. The number of hydrogen-bond donors (Lipinski definition) is 1. The lowest BCUT2D eigenvalue weighted by molar-refractivity contribution is -0.150. The van der Waals surface area contributed by atoms with Crippen molar-refractivity contribution in [3.8, 4) is 0 Å². The van der Waals surface area contributed by atoms with Gasteiger partial charge in [0.25, 0.3) is 0 Å². The summed E-state index contributed by atoms with van der Waals surface area (Å²) >= 11 is 0. The molecule has 0 aromatic heterocycles. The Hall–Kier alpha value is -1.06. The SMILES string of the molecule is CC(=O)O[C@@H]1CCC[C@@H]2CC(=O)N[C@@H]21. The van der Waals surface area contributed by atoms with Gasteiger partial charge in [-0.25, -0.2) is 0 Å². The van der Waals surface area contributed by atoms with Gasteiger partial charge >= 0.3 is 5.97 Å². The van der Waals surface area contributed by atoms with E-state index >= 15 is 0 Å². The van der Waals surface area contributed by atoms with Gasteiger partial charge in [-0.1, -0.05) is 0 Å². The van der Waals surface area contributed by atoms with E-state index in [9.17, 15) is 9.59 Å². The number of esters is 1. The number of hydrogen-bond acceptors (Lipinski definition) is 3. The van der Waals surface area contributed by atoms with Gasteiger partial charge in [-0.15, -0.1) is 0 Å². The molecule has 14 heavy (non-hydrogen) atoms. The van der Waals surface area contributed by atoms with Gasteiger partial charge in [-0.2, -0.15) is 0 Å². The molecule has 0 radical (unpaired) electrons. The zero-order valence-corrected chi connectivity index (χ0v) is 8.29. The summed E-state index contributed by atoms with van der Waals surface area (Å²) < 4.78 is 5.20. The highest BCUT2D eigenvalue weighted by molar-refractivity contribution is 5.79. The van der Waals surface area contributed by atoms with Crippen molar-refractivity contribution in [3.05, 3.63) is 0 Å². The largest absolute Gasteiger partial charge is 0.460 e. The van der Waals surface area contributed by atoms with Crippen LogP contribution in [-0.2, 0) is 14.3 Å². The van der Waals surface area contributed by atoms with Crippen LogP contribution >= 0.6 is 0 Å². The van der Waals surface area contributed by atoms with Crippen LogP contribution in [0.3, 0.4) is 0 Å². The van der Waals surface area contributed by atoms with E-state index in [1.807, 2.05) is 0 Å². The Morgan fingerprint density at radius 1 is 1.50 bits per heavy atom. The van der Waals surface area contributed by atoms with E-state index in [1.165, 1.54) is 6.92 Å². The second-order valence-corrected chi connectivity index (χ2v) is 4.14. The Balaban J connectivity index is 2.03. The van der Waals surface area contributed by atoms with Crippen LogP contribution in [0.15, 0.2) is 0 Å². The highest BCUT2D eigenvalue weighted by Crippen LogP contribution is 2.32. The fraction of sp³-hybridized carbons (Fsp3) is 0.800. The van der Waals surface area contributed by atoms with Crippen molar-refractivity contribution < 1.29 is 14.3 Å². The Morgan fingerprint density at radius 3 is 3.00 bits per heavy atom. The molecule has 2 rings (SSSR count). The van der Waals surface area contributed by atoms with Crippen LogP contribution in [0.25, 0.3) is 0 Å². The quantitative estimate of drug-likeness (QED) is 0.626. The Morgan fingerprint density at radius 2 is 2.29 bits per heavy atom. The average Bonchev–Trinajstić information content (AvgIpc) is 2.45. The first-order chi connectivity index (χ1) is 6.66. The number of fused-ring (bicyclic) bond motifs is 1. The lowest BCUT2D eigenvalue weighted by Gasteiger charge is -2.32. The van der Waals surface area contributed by atoms with E-state index in [-0.39, 0.29) is 24.0 Å². The third kappa shape index (κ3) is 1.74. The molecule has 4 heteroatoms. The van der Waals surface area contributed by atoms with Crippen LogP contribution in [0.4, 0.5) is 0 Å². The standard InChI is InChI=1S/C10H15NO3/c1-6(12)14-8-4-2-3-7-5-9(13)11-10(7)8/h7-8,10H,2-5H2,1H3,(H,11,13)/t7-,8-,10+/m1/s1. The van der Waals surface area contributed by atoms with E-state index in [0.29, 0.717) is 12.3 Å². The van der Waals surface area contributed by atoms with Crippen molar-refractivity contribution in [3.63, 3.8) is 0 Å². The number of nitrogens with one attached hydrogen (secondary N) is 1. The maximum absolute atomic E-state index is 11.2. The summed E-state index contributed by atoms with van der Waals surface area (Å²) in [5.74, 6) is 0.219. The molecule has 0 aromatic carbocycles. The molecule has 1 N–H and O–H groups in total. The zero-order valence-electron chi connectivity index (χ0n) is 8.29. The summed E-state index contributed by atoms with van der Waals surface area (Å²) in [5.41, 5.74) is 0. The smallest absolute Gasteiger partial charge is 0.302 e. The second kappa shape index (κ2) is 3.59. The highest BCUT2D eigenvalue weighted by Gasteiger charge is 2.41. The van der Waals surface area contributed by atoms with Gasteiger partial charge in [0.1, 0.15) is 6.10 Å². The van der Waals surface area contributed by atoms with Crippen LogP contribution in [-0.4, -0.2) is 24.0 Å². The van der Waals surface area contributed by atoms with Gasteiger partial charge in [0.15, 0.2) is 0 Å². The minimum absolute atomic E-state index is 0.0696. The summed E-state index contributed by atoms with van der Waals surface area (Å²) in [6, 6.07) is 0.0696. The number of carbonyl (C=O) groups is 2. The van der Waals surface area contributed by atoms with Gasteiger partial charge in [0.05, 0.1) is 6.04 Å². The molecule has 78 valence electrons. The predicted octanol–water partition coefficient (Wildman–Crippen LogP) is 0.607. The van der Waals surface area contributed by atoms with Crippen LogP contribution in [0.1, 0.15) is 32.6 Å². The van der Waals surface area contributed by atoms with E-state index in [2.05, 4.69) is 5.32 Å². The number of rotatable bonds is 1. The number of amides is 1. The molecule has 1 heterocycles. The van der Waals surface area contributed by atoms with Crippen molar-refractivity contribution in [1.82, 2.24) is 5.32 Å². The van der Waals surface area contributed by atoms with Crippen molar-refractivity contribution in [2.24, 2.45) is 5.92 Å². The first kappa shape index (κ1) is 9.49. The van der Waals surface area contributed by atoms with E-state index in [4.69, 9.17) is 4.74 Å². The molecule has 4 nitrogen and oxygen atoms in total. The molecule has 0 unspecified atom stereocenters. The summed E-state index contributed by atoms with van der Waals surface area (Å²) in [7, 11) is 0. The Labute approximate surface area is 83.0 Å². The summed E-state index contributed by atoms with van der Waals surface area (Å²) in [5, 5.41) is 2.90. The molecule has 1 saturated carbocycles. The highest BCUT2D eigenvalue weighted by atomic mass is 16.5. The van der Waals surface area contributed by atoms with Crippen LogP contribution < -0.4 is 5.32 Å². The molecular formula is C10H15NO3. The monoisotopic (exact) mass is 197 g/mol. The van der Waals surface area contributed by atoms with Gasteiger partial charge in [0, 0.05) is 13.3 Å². The van der Waals surface area contributed by atoms with E-state index in [1.54, 1.807) is 0 Å². The molecule has 3 atom stereocenters. The maximum Gasteiger partial charge on any atom is 0.302 e. The van der Waals surface area contributed by atoms with Crippen molar-refractivity contribution >= 4 is 11.9 Å². The first-order valence-corrected chi connectivity index (χ1v) is 5.13. The van der Waals surface area contributed by atoms with Gasteiger partial charge in [-0.05, 0) is 25.2 Å². The van der Waals surface area contributed by atoms with Crippen molar-refractivity contribution in [1.29, 1.82) is 0 Å². The molecule has 2 aliphatic rings. The fourth-order valence-electron chi connectivity index (χ4n) is 2.51. The van der Waals surface area contributed by atoms with Crippen LogP contribution in [0, 0.1) is 5.92 Å². The lowest BCUT2D eigenvalue weighted by atomic mass is 9.83. The molecule has 1 amide bonds. The van der Waals surface area contributed by atoms with E-state index < -0.39 is 0 Å². The minimum atomic E-state index is -0.253. The van der Waals surface area contributed by atoms with E-state index in [0.717, 1.165) is 19.3 Å². The maximum atomic E-state index is 11.2. The molecule has 0 bridgehead atoms. The zero-order chi connectivity index (χ0) is 10.1. The topological polar surface area (TPSA) is 55.4 Å². The Bertz CT molecular complexity index is 264. The molecular weight excluding hydrogens is 182 g/mol. The summed E-state index contributed by atoms with van der Waals surface area (Å²) in [6.07, 6.45) is 3.50. The predicted molar refractivity (Wildman–Crippen MR) is 49.4 cm³/mol. The average molecular weight is 197 g/mol. The van der Waals surface area contributed by atoms with Gasteiger partial charge in [0.2, 0.25) is 5.91 Å². The summed E-state index contributed by atoms with van der Waals surface area (Å²) in [6.45, 7) is 1.42. The molecule has 0 spiro atoms. The second-order valence-electron chi connectivity index (χ2n) is 4.14. The molecule has 1 aliphatic heterocycles. The fourth-order valence-corrected chi connectivity index (χ4v) is 2.51.